The predicted molar refractivity (Wildman–Crippen MR) is 60.3 cm³/mol. The van der Waals surface area contributed by atoms with Crippen molar-refractivity contribution in [3.8, 4) is 0 Å². The van der Waals surface area contributed by atoms with Gasteiger partial charge < -0.3 is 4.74 Å². The summed E-state index contributed by atoms with van der Waals surface area (Å²) in [6, 6.07) is 0. The van der Waals surface area contributed by atoms with E-state index in [1.54, 1.807) is 13.1 Å². The number of halogens is 1. The Hall–Kier alpha value is -0.260. The summed E-state index contributed by atoms with van der Waals surface area (Å²) < 4.78 is 5.25. The lowest BCUT2D eigenvalue weighted by atomic mass is 10.4. The summed E-state index contributed by atoms with van der Waals surface area (Å²) in [5.74, 6) is 0.0601. The number of alkyl halides is 1. The van der Waals surface area contributed by atoms with Gasteiger partial charge in [0.05, 0.1) is 16.3 Å². The van der Waals surface area contributed by atoms with Crippen molar-refractivity contribution in [2.45, 2.75) is 18.7 Å². The summed E-state index contributed by atoms with van der Waals surface area (Å²) in [6.45, 7) is 4.76. The highest BCUT2D eigenvalue weighted by atomic mass is 79.9. The van der Waals surface area contributed by atoms with Gasteiger partial charge in [0.25, 0.3) is 0 Å². The summed E-state index contributed by atoms with van der Waals surface area (Å²) in [4.78, 5) is 16.0. The van der Waals surface area contributed by atoms with Crippen molar-refractivity contribution in [3.05, 3.63) is 16.1 Å². The first-order valence-electron chi connectivity index (χ1n) is 4.33. The van der Waals surface area contributed by atoms with Gasteiger partial charge in [0.15, 0.2) is 5.78 Å². The fourth-order valence-corrected chi connectivity index (χ4v) is 2.25. The third kappa shape index (κ3) is 3.15. The molecule has 1 aromatic heterocycles. The molecule has 0 radical (unpaired) electrons. The summed E-state index contributed by atoms with van der Waals surface area (Å²) >= 11 is 4.87. The number of rotatable bonds is 5. The number of hydrogen-bond acceptors (Lipinski definition) is 4. The summed E-state index contributed by atoms with van der Waals surface area (Å²) in [6.07, 6.45) is 1.61. The molecule has 14 heavy (non-hydrogen) atoms. The lowest BCUT2D eigenvalue weighted by Crippen LogP contribution is -2.00. The Morgan fingerprint density at radius 2 is 2.50 bits per heavy atom. The molecule has 1 atom stereocenters. The van der Waals surface area contributed by atoms with Gasteiger partial charge in [-0.1, -0.05) is 15.9 Å². The van der Waals surface area contributed by atoms with Crippen LogP contribution in [0.4, 0.5) is 0 Å². The van der Waals surface area contributed by atoms with Gasteiger partial charge >= 0.3 is 0 Å². The van der Waals surface area contributed by atoms with E-state index in [0.717, 1.165) is 5.01 Å². The van der Waals surface area contributed by atoms with Crippen LogP contribution < -0.4 is 0 Å². The smallest absolute Gasteiger partial charge is 0.171 e. The van der Waals surface area contributed by atoms with Crippen molar-refractivity contribution >= 4 is 33.0 Å². The Balaban J connectivity index is 2.61. The maximum Gasteiger partial charge on any atom is 0.171 e. The molecule has 0 aliphatic carbocycles. The number of aromatic nitrogens is 1. The highest BCUT2D eigenvalue weighted by Crippen LogP contribution is 2.27. The van der Waals surface area contributed by atoms with Crippen LogP contribution >= 0.6 is 27.3 Å². The fourth-order valence-electron chi connectivity index (χ4n) is 0.888. The van der Waals surface area contributed by atoms with E-state index in [-0.39, 0.29) is 10.6 Å². The topological polar surface area (TPSA) is 39.2 Å². The number of ether oxygens (including phenoxy) is 1. The maximum absolute atomic E-state index is 11.0. The number of hydrogen-bond donors (Lipinski definition) is 0. The van der Waals surface area contributed by atoms with Gasteiger partial charge in [-0.3, -0.25) is 4.79 Å². The molecule has 1 heterocycles. The van der Waals surface area contributed by atoms with Gasteiger partial charge in [0.2, 0.25) is 0 Å². The molecule has 0 N–H and O–H groups in total. The lowest BCUT2D eigenvalue weighted by Gasteiger charge is -2.05. The molecule has 1 unspecified atom stereocenters. The van der Waals surface area contributed by atoms with Crippen molar-refractivity contribution in [2.75, 3.05) is 13.2 Å². The second-order valence-corrected chi connectivity index (χ2v) is 4.91. The minimum Gasteiger partial charge on any atom is -0.380 e. The van der Waals surface area contributed by atoms with Crippen LogP contribution in [-0.2, 0) is 4.74 Å². The van der Waals surface area contributed by atoms with E-state index in [1.165, 1.54) is 11.3 Å². The summed E-state index contributed by atoms with van der Waals surface area (Å²) in [5.41, 5.74) is 0. The molecule has 1 rings (SSSR count). The highest BCUT2D eigenvalue weighted by molar-refractivity contribution is 9.09. The SMILES string of the molecule is CCOCC(Br)c1ncc(C(C)=O)s1. The zero-order valence-corrected chi connectivity index (χ0v) is 10.5. The fraction of sp³-hybridized carbons (Fsp3) is 0.556. The second kappa shape index (κ2) is 5.58. The normalized spacial score (nSPS) is 12.8. The van der Waals surface area contributed by atoms with Gasteiger partial charge in [-0.05, 0) is 6.92 Å². The van der Waals surface area contributed by atoms with Gasteiger partial charge in [0, 0.05) is 19.7 Å². The molecule has 0 aliphatic heterocycles. The van der Waals surface area contributed by atoms with Crippen LogP contribution in [0.2, 0.25) is 0 Å². The number of carbonyl (C=O) groups is 1. The van der Waals surface area contributed by atoms with E-state index in [2.05, 4.69) is 20.9 Å². The second-order valence-electron chi connectivity index (χ2n) is 2.75. The minimum atomic E-state index is 0.0601. The molecule has 3 nitrogen and oxygen atoms in total. The first-order chi connectivity index (χ1) is 6.65. The van der Waals surface area contributed by atoms with Crippen LogP contribution in [0, 0.1) is 0 Å². The lowest BCUT2D eigenvalue weighted by molar-refractivity contribution is 0.102. The van der Waals surface area contributed by atoms with Crippen LogP contribution in [0.5, 0.6) is 0 Å². The average Bonchev–Trinajstić information content (AvgIpc) is 2.62. The van der Waals surface area contributed by atoms with Crippen LogP contribution in [0.25, 0.3) is 0 Å². The molecule has 5 heteroatoms. The van der Waals surface area contributed by atoms with Gasteiger partial charge in [-0.25, -0.2) is 4.98 Å². The first-order valence-corrected chi connectivity index (χ1v) is 6.06. The van der Waals surface area contributed by atoms with Crippen molar-refractivity contribution < 1.29 is 9.53 Å². The Morgan fingerprint density at radius 1 is 1.79 bits per heavy atom. The molecular weight excluding hydrogens is 266 g/mol. The molecule has 1 aromatic rings. The number of thiazole rings is 1. The summed E-state index contributed by atoms with van der Waals surface area (Å²) in [7, 11) is 0. The van der Waals surface area contributed by atoms with Gasteiger partial charge in [-0.2, -0.15) is 0 Å². The molecule has 0 fully saturated rings. The quantitative estimate of drug-likeness (QED) is 0.614. The largest absolute Gasteiger partial charge is 0.380 e. The van der Waals surface area contributed by atoms with E-state index in [1.807, 2.05) is 6.92 Å². The predicted octanol–water partition coefficient (Wildman–Crippen LogP) is 2.82. The average molecular weight is 278 g/mol. The third-order valence-corrected chi connectivity index (χ3v) is 3.82. The van der Waals surface area contributed by atoms with E-state index in [4.69, 9.17) is 4.74 Å². The molecule has 0 aromatic carbocycles. The number of Topliss-reactive ketones (excluding diaryl/α,β-unsaturated/α-hetero) is 1. The Labute approximate surface area is 95.6 Å². The van der Waals surface area contributed by atoms with Crippen LogP contribution in [-0.4, -0.2) is 24.0 Å². The third-order valence-electron chi connectivity index (χ3n) is 1.61. The molecule has 0 saturated carbocycles. The molecule has 0 saturated heterocycles. The van der Waals surface area contributed by atoms with Crippen molar-refractivity contribution in [1.82, 2.24) is 4.98 Å². The molecule has 0 bridgehead atoms. The highest BCUT2D eigenvalue weighted by Gasteiger charge is 2.13. The molecule has 0 amide bonds. The number of carbonyl (C=O) groups excluding carboxylic acids is 1. The van der Waals surface area contributed by atoms with E-state index in [9.17, 15) is 4.79 Å². The van der Waals surface area contributed by atoms with E-state index < -0.39 is 0 Å². The van der Waals surface area contributed by atoms with Crippen LogP contribution in [0.1, 0.15) is 33.4 Å². The minimum absolute atomic E-state index is 0.0601. The molecule has 0 spiro atoms. The maximum atomic E-state index is 11.0. The van der Waals surface area contributed by atoms with Crippen LogP contribution in [0.3, 0.4) is 0 Å². The zero-order valence-electron chi connectivity index (χ0n) is 8.12. The van der Waals surface area contributed by atoms with Gasteiger partial charge in [0.1, 0.15) is 5.01 Å². The standard InChI is InChI=1S/C9H12BrNO2S/c1-3-13-5-7(10)9-11-4-8(14-9)6(2)12/h4,7H,3,5H2,1-2H3. The van der Waals surface area contributed by atoms with E-state index >= 15 is 0 Å². The molecule has 0 aliphatic rings. The van der Waals surface area contributed by atoms with E-state index in [0.29, 0.717) is 18.1 Å². The molecule has 78 valence electrons. The van der Waals surface area contributed by atoms with Crippen molar-refractivity contribution in [2.24, 2.45) is 0 Å². The van der Waals surface area contributed by atoms with Crippen molar-refractivity contribution in [1.29, 1.82) is 0 Å². The Bertz CT molecular complexity index is 314. The number of nitrogens with zero attached hydrogens (tertiary/aromatic N) is 1. The van der Waals surface area contributed by atoms with Crippen LogP contribution in [0.15, 0.2) is 6.20 Å². The summed E-state index contributed by atoms with van der Waals surface area (Å²) in [5, 5.41) is 0.892. The van der Waals surface area contributed by atoms with Gasteiger partial charge in [-0.15, -0.1) is 11.3 Å². The molecular formula is C9H12BrNO2S. The Morgan fingerprint density at radius 3 is 3.00 bits per heavy atom. The first kappa shape index (κ1) is 11.8. The number of ketones is 1. The van der Waals surface area contributed by atoms with Crippen molar-refractivity contribution in [3.63, 3.8) is 0 Å². The monoisotopic (exact) mass is 277 g/mol. The Kier molecular flexibility index (Phi) is 4.71. The zero-order chi connectivity index (χ0) is 10.6.